The third-order valence-electron chi connectivity index (χ3n) is 5.40. The fourth-order valence-electron chi connectivity index (χ4n) is 4.05. The number of nitrogens with one attached hydrogen (secondary N) is 1. The van der Waals surface area contributed by atoms with Crippen LogP contribution in [0, 0.1) is 0 Å². The van der Waals surface area contributed by atoms with E-state index in [0.29, 0.717) is 23.9 Å². The number of rotatable bonds is 3. The van der Waals surface area contributed by atoms with E-state index in [1.165, 1.54) is 0 Å². The average molecular weight is 451 g/mol. The number of fused-ring (bicyclic) bond motifs is 1. The minimum absolute atomic E-state index is 0.173. The van der Waals surface area contributed by atoms with Crippen molar-refractivity contribution in [1.82, 2.24) is 14.8 Å². The molecule has 2 heterocycles. The van der Waals surface area contributed by atoms with Crippen LogP contribution < -0.4 is 10.1 Å². The second-order valence-electron chi connectivity index (χ2n) is 7.15. The molecule has 3 aromatic rings. The smallest absolute Gasteiger partial charge is 0.226 e. The number of Topliss-reactive ketones (excluding diaryl/α,β-unsaturated/α-hetero) is 1. The molecular weight excluding hydrogens is 432 g/mol. The molecule has 1 aliphatic heterocycles. The molecule has 2 aromatic carbocycles. The Hall–Kier alpha value is -2.93. The maximum Gasteiger partial charge on any atom is 0.226 e. The third-order valence-corrected chi connectivity index (χ3v) is 5.93. The number of hydrogen-bond acceptors (Lipinski definition) is 5. The summed E-state index contributed by atoms with van der Waals surface area (Å²) in [5, 5.41) is 8.17. The topological polar surface area (TPSA) is 69.0 Å². The van der Waals surface area contributed by atoms with Gasteiger partial charge in [-0.2, -0.15) is 4.98 Å². The lowest BCUT2D eigenvalue weighted by molar-refractivity contribution is -0.116. The zero-order chi connectivity index (χ0) is 20.0. The van der Waals surface area contributed by atoms with Crippen molar-refractivity contribution >= 4 is 27.7 Å². The van der Waals surface area contributed by atoms with Gasteiger partial charge < -0.3 is 10.1 Å². The van der Waals surface area contributed by atoms with Gasteiger partial charge in [-0.1, -0.05) is 40.2 Å². The Morgan fingerprint density at radius 1 is 1.14 bits per heavy atom. The Morgan fingerprint density at radius 2 is 1.93 bits per heavy atom. The first kappa shape index (κ1) is 18.1. The lowest BCUT2D eigenvalue weighted by Gasteiger charge is -2.32. The van der Waals surface area contributed by atoms with Gasteiger partial charge in [0.2, 0.25) is 5.95 Å². The van der Waals surface area contributed by atoms with E-state index in [9.17, 15) is 4.79 Å². The van der Waals surface area contributed by atoms with E-state index in [-0.39, 0.29) is 11.8 Å². The largest absolute Gasteiger partial charge is 0.496 e. The fraction of sp³-hybridized carbons (Fsp3) is 0.227. The van der Waals surface area contributed by atoms with Crippen molar-refractivity contribution < 1.29 is 9.53 Å². The Balaban J connectivity index is 1.68. The van der Waals surface area contributed by atoms with E-state index in [2.05, 4.69) is 21.2 Å². The van der Waals surface area contributed by atoms with Crippen molar-refractivity contribution in [2.75, 3.05) is 12.4 Å². The molecule has 0 amide bonds. The van der Waals surface area contributed by atoms with Crippen LogP contribution in [0.15, 0.2) is 64.3 Å². The number of carbonyl (C=O) groups is 1. The fourth-order valence-corrected chi connectivity index (χ4v) is 4.32. The monoisotopic (exact) mass is 450 g/mol. The summed E-state index contributed by atoms with van der Waals surface area (Å²) < 4.78 is 8.31. The van der Waals surface area contributed by atoms with Gasteiger partial charge in [0.05, 0.1) is 12.7 Å². The number of hydrogen-bond donors (Lipinski definition) is 1. The SMILES string of the molecule is COc1ccccc1-c1nc2n(n1)C(c1ccc(Br)cc1)C1=C(CCCC1=O)N2. The lowest BCUT2D eigenvalue weighted by atomic mass is 9.85. The van der Waals surface area contributed by atoms with Crippen LogP contribution >= 0.6 is 15.9 Å². The number of ether oxygens (including phenoxy) is 1. The van der Waals surface area contributed by atoms with Crippen molar-refractivity contribution in [2.45, 2.75) is 25.3 Å². The number of ketones is 1. The van der Waals surface area contributed by atoms with Gasteiger partial charge in [-0.3, -0.25) is 4.79 Å². The first-order valence-electron chi connectivity index (χ1n) is 9.54. The third kappa shape index (κ3) is 3.06. The van der Waals surface area contributed by atoms with Crippen molar-refractivity contribution in [3.8, 4) is 17.1 Å². The van der Waals surface area contributed by atoms with Crippen LogP contribution in [0.1, 0.15) is 30.9 Å². The molecule has 2 aliphatic rings. The van der Waals surface area contributed by atoms with Crippen molar-refractivity contribution in [2.24, 2.45) is 0 Å². The van der Waals surface area contributed by atoms with Gasteiger partial charge in [-0.25, -0.2) is 4.68 Å². The number of carbonyl (C=O) groups excluding carboxylic acids is 1. The van der Waals surface area contributed by atoms with Gasteiger partial charge in [0.1, 0.15) is 11.8 Å². The van der Waals surface area contributed by atoms with E-state index in [1.54, 1.807) is 7.11 Å². The second-order valence-corrected chi connectivity index (χ2v) is 8.07. The molecule has 29 heavy (non-hydrogen) atoms. The maximum atomic E-state index is 12.9. The summed E-state index contributed by atoms with van der Waals surface area (Å²) in [7, 11) is 1.64. The normalized spacial score (nSPS) is 18.1. The molecule has 0 fully saturated rings. The van der Waals surface area contributed by atoms with Gasteiger partial charge in [-0.15, -0.1) is 5.10 Å². The Kier molecular flexibility index (Phi) is 4.47. The van der Waals surface area contributed by atoms with Crippen molar-refractivity contribution in [3.63, 3.8) is 0 Å². The second kappa shape index (κ2) is 7.15. The van der Waals surface area contributed by atoms with E-state index in [4.69, 9.17) is 14.8 Å². The van der Waals surface area contributed by atoms with E-state index in [0.717, 1.165) is 39.7 Å². The number of nitrogens with zero attached hydrogens (tertiary/aromatic N) is 3. The summed E-state index contributed by atoms with van der Waals surface area (Å²) in [5.74, 6) is 2.10. The Bertz CT molecular complexity index is 1130. The maximum absolute atomic E-state index is 12.9. The molecule has 6 nitrogen and oxygen atoms in total. The molecule has 1 N–H and O–H groups in total. The molecule has 0 saturated carbocycles. The quantitative estimate of drug-likeness (QED) is 0.623. The summed E-state index contributed by atoms with van der Waals surface area (Å²) in [6.07, 6.45) is 2.26. The van der Waals surface area contributed by atoms with Crippen LogP contribution in [0.25, 0.3) is 11.4 Å². The molecule has 0 radical (unpaired) electrons. The number of halogens is 1. The summed E-state index contributed by atoms with van der Waals surface area (Å²) in [5.41, 5.74) is 3.58. The standard InChI is InChI=1S/C22H19BrN4O2/c1-29-18-8-3-2-5-15(18)21-25-22-24-16-6-4-7-17(28)19(16)20(27(22)26-21)13-9-11-14(23)12-10-13/h2-3,5,8-12,20H,4,6-7H2,1H3,(H,24,25,26). The van der Waals surface area contributed by atoms with E-state index in [1.807, 2.05) is 53.2 Å². The minimum Gasteiger partial charge on any atom is -0.496 e. The number of benzene rings is 2. The Morgan fingerprint density at radius 3 is 2.72 bits per heavy atom. The van der Waals surface area contributed by atoms with Crippen LogP contribution in [0.4, 0.5) is 5.95 Å². The van der Waals surface area contributed by atoms with Crippen LogP contribution in [0.3, 0.4) is 0 Å². The van der Waals surface area contributed by atoms with E-state index < -0.39 is 0 Å². The van der Waals surface area contributed by atoms with Gasteiger partial charge in [-0.05, 0) is 42.7 Å². The van der Waals surface area contributed by atoms with Crippen molar-refractivity contribution in [1.29, 1.82) is 0 Å². The molecule has 1 unspecified atom stereocenters. The lowest BCUT2D eigenvalue weighted by Crippen LogP contribution is -2.31. The van der Waals surface area contributed by atoms with Gasteiger partial charge >= 0.3 is 0 Å². The summed E-state index contributed by atoms with van der Waals surface area (Å²) in [4.78, 5) is 17.6. The highest BCUT2D eigenvalue weighted by molar-refractivity contribution is 9.10. The van der Waals surface area contributed by atoms with Crippen molar-refractivity contribution in [3.05, 3.63) is 69.8 Å². The molecule has 5 rings (SSSR count). The number of allylic oxidation sites excluding steroid dienone is 2. The molecule has 1 aliphatic carbocycles. The molecule has 146 valence electrons. The molecule has 0 bridgehead atoms. The Labute approximate surface area is 176 Å². The number of para-hydroxylation sites is 1. The predicted octanol–water partition coefficient (Wildman–Crippen LogP) is 4.74. The molecular formula is C22H19BrN4O2. The minimum atomic E-state index is -0.293. The van der Waals surface area contributed by atoms with Gasteiger partial charge in [0.25, 0.3) is 0 Å². The van der Waals surface area contributed by atoms with Crippen LogP contribution in [0.5, 0.6) is 5.75 Å². The first-order chi connectivity index (χ1) is 14.2. The number of methoxy groups -OCH3 is 1. The van der Waals surface area contributed by atoms with Crippen LogP contribution in [0.2, 0.25) is 0 Å². The highest BCUT2D eigenvalue weighted by atomic mass is 79.9. The molecule has 1 aromatic heterocycles. The zero-order valence-corrected chi connectivity index (χ0v) is 17.4. The summed E-state index contributed by atoms with van der Waals surface area (Å²) in [6.45, 7) is 0. The van der Waals surface area contributed by atoms with Crippen LogP contribution in [-0.2, 0) is 4.79 Å². The first-order valence-corrected chi connectivity index (χ1v) is 10.3. The zero-order valence-electron chi connectivity index (χ0n) is 15.9. The average Bonchev–Trinajstić information content (AvgIpc) is 3.16. The summed E-state index contributed by atoms with van der Waals surface area (Å²) >= 11 is 3.49. The molecule has 1 atom stereocenters. The highest BCUT2D eigenvalue weighted by Crippen LogP contribution is 2.41. The van der Waals surface area contributed by atoms with Gasteiger partial charge in [0, 0.05) is 22.2 Å². The predicted molar refractivity (Wildman–Crippen MR) is 114 cm³/mol. The summed E-state index contributed by atoms with van der Waals surface area (Å²) in [6, 6.07) is 15.4. The molecule has 0 saturated heterocycles. The van der Waals surface area contributed by atoms with Crippen LogP contribution in [-0.4, -0.2) is 27.7 Å². The molecule has 7 heteroatoms. The highest BCUT2D eigenvalue weighted by Gasteiger charge is 2.37. The van der Waals surface area contributed by atoms with Gasteiger partial charge in [0.15, 0.2) is 11.6 Å². The molecule has 0 spiro atoms. The number of anilines is 1. The van der Waals surface area contributed by atoms with E-state index >= 15 is 0 Å². The number of aromatic nitrogens is 3.